The Hall–Kier alpha value is -1.23. The Morgan fingerprint density at radius 3 is 2.68 bits per heavy atom. The molecule has 0 heterocycles. The van der Waals surface area contributed by atoms with E-state index in [1.54, 1.807) is 6.92 Å². The van der Waals surface area contributed by atoms with Gasteiger partial charge in [0.1, 0.15) is 12.3 Å². The molecule has 5 nitrogen and oxygen atoms in total. The average Bonchev–Trinajstić information content (AvgIpc) is 2.90. The summed E-state index contributed by atoms with van der Waals surface area (Å²) in [6.45, 7) is 6.23. The van der Waals surface area contributed by atoms with E-state index in [-0.39, 0.29) is 17.2 Å². The van der Waals surface area contributed by atoms with Crippen LogP contribution in [0.3, 0.4) is 0 Å². The third kappa shape index (κ3) is 3.34. The molecule has 0 aromatic rings. The quantitative estimate of drug-likeness (QED) is 0.591. The topological polar surface area (TPSA) is 76.0 Å². The first-order chi connectivity index (χ1) is 13.2. The van der Waals surface area contributed by atoms with Crippen LogP contribution in [0.1, 0.15) is 72.1 Å². The van der Waals surface area contributed by atoms with Gasteiger partial charge in [-0.3, -0.25) is 9.79 Å². The molecule has 0 aliphatic heterocycles. The number of nitrogens with zero attached hydrogens (tertiary/aromatic N) is 1. The van der Waals surface area contributed by atoms with Crippen LogP contribution in [0.15, 0.2) is 4.99 Å². The van der Waals surface area contributed by atoms with E-state index in [1.165, 1.54) is 19.1 Å². The van der Waals surface area contributed by atoms with Crippen molar-refractivity contribution in [3.63, 3.8) is 0 Å². The summed E-state index contributed by atoms with van der Waals surface area (Å²) in [7, 11) is 0. The monoisotopic (exact) mass is 389 g/mol. The largest absolute Gasteiger partial charge is 0.462 e. The van der Waals surface area contributed by atoms with Crippen LogP contribution in [0.25, 0.3) is 0 Å². The summed E-state index contributed by atoms with van der Waals surface area (Å²) in [6, 6.07) is -0.386. The van der Waals surface area contributed by atoms with E-state index in [2.05, 4.69) is 11.9 Å². The molecule has 4 fully saturated rings. The second kappa shape index (κ2) is 7.23. The van der Waals surface area contributed by atoms with Gasteiger partial charge in [-0.25, -0.2) is 4.79 Å². The summed E-state index contributed by atoms with van der Waals surface area (Å²) in [5.74, 6) is 2.78. The zero-order valence-corrected chi connectivity index (χ0v) is 17.5. The van der Waals surface area contributed by atoms with Crippen molar-refractivity contribution < 1.29 is 19.4 Å². The van der Waals surface area contributed by atoms with Gasteiger partial charge in [0, 0.05) is 5.41 Å². The third-order valence-corrected chi connectivity index (χ3v) is 8.62. The van der Waals surface area contributed by atoms with Gasteiger partial charge >= 0.3 is 5.97 Å². The van der Waals surface area contributed by atoms with E-state index in [4.69, 9.17) is 4.74 Å². The average molecular weight is 390 g/mol. The highest BCUT2D eigenvalue weighted by molar-refractivity contribution is 6.23. The molecule has 0 aromatic carbocycles. The summed E-state index contributed by atoms with van der Waals surface area (Å²) in [4.78, 5) is 29.2. The number of Topliss-reactive ketones (excluding diaryl/α,β-unsaturated/α-hetero) is 1. The number of hydrogen-bond acceptors (Lipinski definition) is 5. The molecule has 0 saturated heterocycles. The standard InChI is InChI=1S/C23H35NO4/c1-4-28-20(25)13-24-19-11-18-17-6-5-14-12-22(2,27)9-7-15(14)16(17)8-10-23(18,3)21(19)26/h13-19,27H,4-12H2,1-3H3/t14-,15+,16-,17-,18+,19?,22-,23+/m1/s1. The van der Waals surface area contributed by atoms with E-state index < -0.39 is 11.6 Å². The van der Waals surface area contributed by atoms with E-state index in [0.29, 0.717) is 36.2 Å². The molecule has 0 bridgehead atoms. The van der Waals surface area contributed by atoms with Crippen LogP contribution in [0.4, 0.5) is 0 Å². The van der Waals surface area contributed by atoms with Crippen LogP contribution in [-0.2, 0) is 14.3 Å². The van der Waals surface area contributed by atoms with E-state index >= 15 is 0 Å². The van der Waals surface area contributed by atoms with Crippen molar-refractivity contribution in [3.8, 4) is 0 Å². The first-order valence-corrected chi connectivity index (χ1v) is 11.2. The molecule has 1 unspecified atom stereocenters. The van der Waals surface area contributed by atoms with E-state index in [1.807, 2.05) is 6.92 Å². The number of carbonyl (C=O) groups excluding carboxylic acids is 2. The molecule has 0 spiro atoms. The lowest BCUT2D eigenvalue weighted by Crippen LogP contribution is -2.50. The fourth-order valence-electron chi connectivity index (χ4n) is 7.33. The number of aliphatic imine (C=N–C) groups is 1. The highest BCUT2D eigenvalue weighted by Gasteiger charge is 2.60. The molecule has 8 atom stereocenters. The number of rotatable bonds is 3. The Morgan fingerprint density at radius 2 is 1.93 bits per heavy atom. The van der Waals surface area contributed by atoms with Crippen LogP contribution in [0.2, 0.25) is 0 Å². The number of esters is 1. The van der Waals surface area contributed by atoms with E-state index in [0.717, 1.165) is 38.5 Å². The molecule has 0 aromatic heterocycles. The summed E-state index contributed by atoms with van der Waals surface area (Å²) in [5, 5.41) is 10.5. The van der Waals surface area contributed by atoms with Crippen LogP contribution in [0, 0.1) is 35.0 Å². The lowest BCUT2D eigenvalue weighted by atomic mass is 9.50. The maximum atomic E-state index is 13.2. The minimum absolute atomic E-state index is 0.227. The number of carbonyl (C=O) groups is 2. The van der Waals surface area contributed by atoms with Crippen LogP contribution < -0.4 is 0 Å². The second-order valence-electron chi connectivity index (χ2n) is 10.3. The van der Waals surface area contributed by atoms with Gasteiger partial charge in [-0.05, 0) is 94.8 Å². The summed E-state index contributed by atoms with van der Waals surface area (Å²) < 4.78 is 4.92. The van der Waals surface area contributed by atoms with Crippen LogP contribution >= 0.6 is 0 Å². The molecule has 28 heavy (non-hydrogen) atoms. The zero-order chi connectivity index (χ0) is 20.1. The highest BCUT2D eigenvalue weighted by Crippen LogP contribution is 2.62. The first-order valence-electron chi connectivity index (χ1n) is 11.2. The fraction of sp³-hybridized carbons (Fsp3) is 0.870. The Labute approximate surface area is 168 Å². The van der Waals surface area contributed by atoms with E-state index in [9.17, 15) is 14.7 Å². The Balaban J connectivity index is 1.50. The normalized spacial score (nSPS) is 48.1. The zero-order valence-electron chi connectivity index (χ0n) is 17.5. The number of aliphatic hydroxyl groups is 1. The Bertz CT molecular complexity index is 672. The number of fused-ring (bicyclic) bond motifs is 5. The molecular formula is C23H35NO4. The Morgan fingerprint density at radius 1 is 1.18 bits per heavy atom. The molecule has 4 saturated carbocycles. The lowest BCUT2D eigenvalue weighted by Gasteiger charge is -2.55. The molecule has 0 radical (unpaired) electrons. The van der Waals surface area contributed by atoms with Crippen LogP contribution in [0.5, 0.6) is 0 Å². The molecule has 4 aliphatic rings. The molecule has 0 amide bonds. The second-order valence-corrected chi connectivity index (χ2v) is 10.3. The van der Waals surface area contributed by atoms with Crippen molar-refractivity contribution in [1.29, 1.82) is 0 Å². The number of ketones is 1. The minimum atomic E-state index is -0.493. The van der Waals surface area contributed by atoms with Gasteiger partial charge in [-0.1, -0.05) is 6.92 Å². The molecular weight excluding hydrogens is 354 g/mol. The van der Waals surface area contributed by atoms with Gasteiger partial charge in [0.25, 0.3) is 0 Å². The first kappa shape index (κ1) is 20.1. The fourth-order valence-corrected chi connectivity index (χ4v) is 7.33. The SMILES string of the molecule is CCOC(=O)C=NC1C[C@H]2[C@@H]3CC[C@@H]4C[C@](C)(O)CC[C@@H]4[C@H]3CC[C@]2(C)C1=O. The van der Waals surface area contributed by atoms with Gasteiger partial charge in [0.05, 0.1) is 12.2 Å². The highest BCUT2D eigenvalue weighted by atomic mass is 16.5. The number of hydrogen-bond donors (Lipinski definition) is 1. The van der Waals surface area contributed by atoms with Crippen molar-refractivity contribution in [2.75, 3.05) is 6.61 Å². The summed E-state index contributed by atoms with van der Waals surface area (Å²) in [6.07, 6.45) is 9.39. The molecule has 4 rings (SSSR count). The lowest BCUT2D eigenvalue weighted by molar-refractivity contribution is -0.135. The van der Waals surface area contributed by atoms with Gasteiger partial charge < -0.3 is 9.84 Å². The maximum absolute atomic E-state index is 13.2. The minimum Gasteiger partial charge on any atom is -0.462 e. The van der Waals surface area contributed by atoms with Gasteiger partial charge in [0.15, 0.2) is 5.78 Å². The molecule has 4 aliphatic carbocycles. The number of ether oxygens (including phenoxy) is 1. The predicted octanol–water partition coefficient (Wildman–Crippen LogP) is 3.57. The van der Waals surface area contributed by atoms with Gasteiger partial charge in [-0.15, -0.1) is 0 Å². The van der Waals surface area contributed by atoms with Crippen molar-refractivity contribution in [3.05, 3.63) is 0 Å². The Kier molecular flexibility index (Phi) is 5.18. The van der Waals surface area contributed by atoms with Crippen molar-refractivity contribution in [1.82, 2.24) is 0 Å². The van der Waals surface area contributed by atoms with Gasteiger partial charge in [-0.2, -0.15) is 0 Å². The summed E-state index contributed by atoms with van der Waals surface area (Å²) in [5.41, 5.74) is -0.780. The third-order valence-electron chi connectivity index (χ3n) is 8.62. The van der Waals surface area contributed by atoms with Crippen molar-refractivity contribution >= 4 is 18.0 Å². The van der Waals surface area contributed by atoms with Gasteiger partial charge in [0.2, 0.25) is 0 Å². The van der Waals surface area contributed by atoms with Crippen LogP contribution in [-0.4, -0.2) is 41.3 Å². The van der Waals surface area contributed by atoms with Crippen molar-refractivity contribution in [2.45, 2.75) is 83.8 Å². The molecule has 5 heteroatoms. The molecule has 156 valence electrons. The van der Waals surface area contributed by atoms with Crippen molar-refractivity contribution in [2.24, 2.45) is 40.0 Å². The smallest absolute Gasteiger partial charge is 0.348 e. The maximum Gasteiger partial charge on any atom is 0.348 e. The molecule has 1 N–H and O–H groups in total. The summed E-state index contributed by atoms with van der Waals surface area (Å²) >= 11 is 0. The predicted molar refractivity (Wildman–Crippen MR) is 107 cm³/mol.